The molecule has 0 fully saturated rings. The number of nitrogens with one attached hydrogen (secondary N) is 1. The molecule has 0 saturated heterocycles. The Balaban J connectivity index is 4.22. The maximum atomic E-state index is 12.9. The van der Waals surface area contributed by atoms with Gasteiger partial charge in [-0.3, -0.25) is 9.59 Å². The summed E-state index contributed by atoms with van der Waals surface area (Å²) in [6.45, 7) is 4.95. The fourth-order valence-corrected chi connectivity index (χ4v) is 8.13. The van der Waals surface area contributed by atoms with Crippen LogP contribution in [0.1, 0.15) is 277 Å². The molecule has 62 heavy (non-hydrogen) atoms. The molecule has 0 saturated carbocycles. The molecule has 0 aliphatic rings. The van der Waals surface area contributed by atoms with E-state index in [1.807, 2.05) is 0 Å². The highest BCUT2D eigenvalue weighted by Crippen LogP contribution is 2.19. The van der Waals surface area contributed by atoms with E-state index in [1.54, 1.807) is 0 Å². The molecule has 1 amide bonds. The highest BCUT2D eigenvalue weighted by atomic mass is 16.5. The average Bonchev–Trinajstić information content (AvgIpc) is 3.26. The summed E-state index contributed by atoms with van der Waals surface area (Å²) < 4.78 is 6.06. The molecule has 0 aromatic carbocycles. The van der Waals surface area contributed by atoms with E-state index in [1.165, 1.54) is 161 Å². The molecule has 4 N–H and O–H groups in total. The zero-order valence-electron chi connectivity index (χ0n) is 41.0. The standard InChI is InChI=1S/C55H102N2O5/c1-3-5-7-9-11-13-15-17-18-19-20-21-22-23-24-25-26-28-30-32-34-39-43-49-54(59)62-51(45-40-36-33-31-29-27-16-14-12-10-8-6-4-2)46-41-37-35-38-42-48-53(58)57-52(55(60)61)47-44-50-56/h16,19-20,27,31,33,51-52H,3-15,17-18,21-26,28-30,32,34-50,56H2,1-2H3,(H,57,58)(H,60,61)/b20-19-,27-16-,33-31-. The lowest BCUT2D eigenvalue weighted by molar-refractivity contribution is -0.150. The zero-order valence-corrected chi connectivity index (χ0v) is 41.0. The van der Waals surface area contributed by atoms with E-state index in [0.29, 0.717) is 32.2 Å². The van der Waals surface area contributed by atoms with Gasteiger partial charge in [0.05, 0.1) is 0 Å². The number of rotatable bonds is 49. The molecule has 362 valence electrons. The van der Waals surface area contributed by atoms with Gasteiger partial charge in [-0.2, -0.15) is 0 Å². The van der Waals surface area contributed by atoms with Crippen LogP contribution in [0.2, 0.25) is 0 Å². The Labute approximate surface area is 384 Å². The Bertz CT molecular complexity index is 1070. The van der Waals surface area contributed by atoms with Crippen LogP contribution in [0.3, 0.4) is 0 Å². The maximum absolute atomic E-state index is 12.9. The maximum Gasteiger partial charge on any atom is 0.326 e. The lowest BCUT2D eigenvalue weighted by Crippen LogP contribution is -2.40. The fraction of sp³-hybridized carbons (Fsp3) is 0.836. The molecule has 0 aromatic rings. The lowest BCUT2D eigenvalue weighted by Gasteiger charge is -2.18. The lowest BCUT2D eigenvalue weighted by atomic mass is 10.0. The molecule has 0 aromatic heterocycles. The van der Waals surface area contributed by atoms with Crippen LogP contribution >= 0.6 is 0 Å². The number of carboxylic acids is 1. The van der Waals surface area contributed by atoms with Gasteiger partial charge in [-0.1, -0.05) is 198 Å². The Morgan fingerprint density at radius 1 is 0.468 bits per heavy atom. The number of hydrogen-bond acceptors (Lipinski definition) is 5. The number of esters is 1. The van der Waals surface area contributed by atoms with Gasteiger partial charge in [0.2, 0.25) is 5.91 Å². The average molecular weight is 871 g/mol. The fourth-order valence-electron chi connectivity index (χ4n) is 8.13. The summed E-state index contributed by atoms with van der Waals surface area (Å²) in [5.41, 5.74) is 5.50. The van der Waals surface area contributed by atoms with Crippen LogP contribution in [0.4, 0.5) is 0 Å². The molecule has 0 bridgehead atoms. The van der Waals surface area contributed by atoms with Crippen molar-refractivity contribution in [3.05, 3.63) is 36.5 Å². The van der Waals surface area contributed by atoms with Crippen LogP contribution in [-0.2, 0) is 19.1 Å². The van der Waals surface area contributed by atoms with Crippen molar-refractivity contribution < 1.29 is 24.2 Å². The molecule has 0 rings (SSSR count). The van der Waals surface area contributed by atoms with E-state index in [0.717, 1.165) is 77.0 Å². The van der Waals surface area contributed by atoms with Crippen LogP contribution in [-0.4, -0.2) is 41.6 Å². The number of aliphatic carboxylic acids is 1. The summed E-state index contributed by atoms with van der Waals surface area (Å²) in [4.78, 5) is 36.6. The van der Waals surface area contributed by atoms with Gasteiger partial charge in [-0.25, -0.2) is 4.79 Å². The summed E-state index contributed by atoms with van der Waals surface area (Å²) in [5, 5.41) is 12.0. The van der Waals surface area contributed by atoms with Crippen molar-refractivity contribution in [2.75, 3.05) is 6.54 Å². The van der Waals surface area contributed by atoms with Crippen molar-refractivity contribution in [1.29, 1.82) is 0 Å². The molecule has 2 atom stereocenters. The second-order valence-corrected chi connectivity index (χ2v) is 18.3. The van der Waals surface area contributed by atoms with Crippen molar-refractivity contribution in [2.45, 2.75) is 289 Å². The third-order valence-corrected chi connectivity index (χ3v) is 12.2. The van der Waals surface area contributed by atoms with E-state index in [4.69, 9.17) is 10.5 Å². The number of nitrogens with two attached hydrogens (primary N) is 1. The first kappa shape index (κ1) is 59.6. The van der Waals surface area contributed by atoms with E-state index >= 15 is 0 Å². The molecule has 2 unspecified atom stereocenters. The van der Waals surface area contributed by atoms with Crippen molar-refractivity contribution >= 4 is 17.8 Å². The highest BCUT2D eigenvalue weighted by molar-refractivity contribution is 5.83. The van der Waals surface area contributed by atoms with Crippen LogP contribution in [0.25, 0.3) is 0 Å². The zero-order chi connectivity index (χ0) is 45.2. The number of carbonyl (C=O) groups excluding carboxylic acids is 2. The summed E-state index contributed by atoms with van der Waals surface area (Å²) >= 11 is 0. The third-order valence-electron chi connectivity index (χ3n) is 12.2. The topological polar surface area (TPSA) is 119 Å². The van der Waals surface area contributed by atoms with Crippen LogP contribution < -0.4 is 11.1 Å². The minimum atomic E-state index is -1.01. The SMILES string of the molecule is CCCCCCC/C=C\C/C=C\CCCC(CCCCCCCC(=O)NC(CCCN)C(=O)O)OC(=O)CCCCCCCCCCCCC/C=C\CCCCCCCCCC. The largest absolute Gasteiger partial charge is 0.480 e. The predicted molar refractivity (Wildman–Crippen MR) is 267 cm³/mol. The molecular weight excluding hydrogens is 769 g/mol. The third kappa shape index (κ3) is 45.6. The highest BCUT2D eigenvalue weighted by Gasteiger charge is 2.19. The Morgan fingerprint density at radius 2 is 0.855 bits per heavy atom. The van der Waals surface area contributed by atoms with Gasteiger partial charge < -0.3 is 20.9 Å². The number of unbranched alkanes of at least 4 members (excludes halogenated alkanes) is 29. The van der Waals surface area contributed by atoms with Crippen molar-refractivity contribution in [3.63, 3.8) is 0 Å². The molecule has 7 heteroatoms. The molecule has 0 heterocycles. The number of ether oxygens (including phenoxy) is 1. The quantitative estimate of drug-likeness (QED) is 0.0318. The van der Waals surface area contributed by atoms with E-state index in [-0.39, 0.29) is 18.0 Å². The second kappa shape index (κ2) is 49.6. The monoisotopic (exact) mass is 871 g/mol. The number of allylic oxidation sites excluding steroid dienone is 6. The Morgan fingerprint density at radius 3 is 1.32 bits per heavy atom. The normalized spacial score (nSPS) is 12.8. The van der Waals surface area contributed by atoms with Gasteiger partial charge >= 0.3 is 11.9 Å². The number of carboxylic acid groups (broad SMARTS) is 1. The molecule has 0 spiro atoms. The molecule has 0 aliphatic carbocycles. The molecule has 0 aliphatic heterocycles. The Kier molecular flexibility index (Phi) is 47.7. The summed E-state index contributed by atoms with van der Waals surface area (Å²) in [5.74, 6) is -1.25. The van der Waals surface area contributed by atoms with E-state index in [2.05, 4.69) is 55.6 Å². The number of carbonyl (C=O) groups is 3. The van der Waals surface area contributed by atoms with Gasteiger partial charge in [-0.15, -0.1) is 0 Å². The van der Waals surface area contributed by atoms with Crippen molar-refractivity contribution in [1.82, 2.24) is 5.32 Å². The van der Waals surface area contributed by atoms with E-state index in [9.17, 15) is 19.5 Å². The van der Waals surface area contributed by atoms with E-state index < -0.39 is 12.0 Å². The first-order valence-corrected chi connectivity index (χ1v) is 26.8. The van der Waals surface area contributed by atoms with Crippen LogP contribution in [0.15, 0.2) is 36.5 Å². The van der Waals surface area contributed by atoms with Gasteiger partial charge in [-0.05, 0) is 109 Å². The van der Waals surface area contributed by atoms with Gasteiger partial charge in [0, 0.05) is 12.8 Å². The van der Waals surface area contributed by atoms with Crippen LogP contribution in [0, 0.1) is 0 Å². The van der Waals surface area contributed by atoms with Crippen LogP contribution in [0.5, 0.6) is 0 Å². The number of amides is 1. The minimum Gasteiger partial charge on any atom is -0.480 e. The smallest absolute Gasteiger partial charge is 0.326 e. The first-order chi connectivity index (χ1) is 30.4. The first-order valence-electron chi connectivity index (χ1n) is 26.8. The molecular formula is C55H102N2O5. The Hall–Kier alpha value is -2.41. The van der Waals surface area contributed by atoms with Gasteiger partial charge in [0.15, 0.2) is 0 Å². The van der Waals surface area contributed by atoms with Crippen molar-refractivity contribution in [3.8, 4) is 0 Å². The minimum absolute atomic E-state index is 0.0308. The van der Waals surface area contributed by atoms with Gasteiger partial charge in [0.1, 0.15) is 12.1 Å². The molecule has 0 radical (unpaired) electrons. The summed E-state index contributed by atoms with van der Waals surface area (Å²) in [6.07, 6.45) is 60.7. The number of hydrogen-bond donors (Lipinski definition) is 3. The summed E-state index contributed by atoms with van der Waals surface area (Å²) in [7, 11) is 0. The van der Waals surface area contributed by atoms with Crippen molar-refractivity contribution in [2.24, 2.45) is 5.73 Å². The molecule has 7 nitrogen and oxygen atoms in total. The predicted octanol–water partition coefficient (Wildman–Crippen LogP) is 16.1. The second-order valence-electron chi connectivity index (χ2n) is 18.3. The van der Waals surface area contributed by atoms with Gasteiger partial charge in [0.25, 0.3) is 0 Å². The summed E-state index contributed by atoms with van der Waals surface area (Å²) in [6, 6.07) is -0.861.